The molecule has 1 spiro atoms. The number of nitriles is 1. The van der Waals surface area contributed by atoms with Crippen LogP contribution < -0.4 is 16.0 Å². The SMILES string of the molecule is Cl.N#Cc1ccc(N2CC(C(N)=O)C3(CCNCC3)C2)cc1C(F)(F)F. The first kappa shape index (κ1) is 20.3. The normalized spacial score (nSPS) is 21.9. The molecule has 0 bridgehead atoms. The third-order valence-electron chi connectivity index (χ3n) is 5.38. The van der Waals surface area contributed by atoms with Crippen LogP contribution in [-0.2, 0) is 11.0 Å². The third-order valence-corrected chi connectivity index (χ3v) is 5.38. The lowest BCUT2D eigenvalue weighted by Gasteiger charge is -2.37. The van der Waals surface area contributed by atoms with Gasteiger partial charge < -0.3 is 16.0 Å². The summed E-state index contributed by atoms with van der Waals surface area (Å²) in [5.74, 6) is -0.798. The summed E-state index contributed by atoms with van der Waals surface area (Å²) in [5.41, 5.74) is 4.29. The van der Waals surface area contributed by atoms with Gasteiger partial charge in [0.05, 0.1) is 23.1 Å². The van der Waals surface area contributed by atoms with Gasteiger partial charge in [-0.25, -0.2) is 0 Å². The van der Waals surface area contributed by atoms with Crippen molar-refractivity contribution in [3.8, 4) is 6.07 Å². The molecule has 1 aromatic carbocycles. The van der Waals surface area contributed by atoms with Gasteiger partial charge in [0.2, 0.25) is 5.91 Å². The van der Waals surface area contributed by atoms with E-state index in [-0.39, 0.29) is 23.7 Å². The fourth-order valence-electron chi connectivity index (χ4n) is 4.05. The van der Waals surface area contributed by atoms with E-state index in [9.17, 15) is 18.0 Å². The van der Waals surface area contributed by atoms with Crippen LogP contribution in [0.15, 0.2) is 18.2 Å². The van der Waals surface area contributed by atoms with Gasteiger partial charge in [-0.2, -0.15) is 18.4 Å². The maximum atomic E-state index is 13.2. The number of carbonyl (C=O) groups is 1. The highest BCUT2D eigenvalue weighted by Gasteiger charge is 2.49. The molecule has 0 radical (unpaired) electrons. The van der Waals surface area contributed by atoms with E-state index in [2.05, 4.69) is 5.32 Å². The highest BCUT2D eigenvalue weighted by atomic mass is 35.5. The molecule has 2 aliphatic rings. The smallest absolute Gasteiger partial charge is 0.370 e. The van der Waals surface area contributed by atoms with Gasteiger partial charge in [-0.15, -0.1) is 12.4 Å². The zero-order chi connectivity index (χ0) is 18.2. The zero-order valence-electron chi connectivity index (χ0n) is 14.0. The van der Waals surface area contributed by atoms with Crippen LogP contribution in [0, 0.1) is 22.7 Å². The molecule has 2 fully saturated rings. The molecule has 2 saturated heterocycles. The number of primary amides is 1. The first-order valence-electron chi connectivity index (χ1n) is 8.13. The van der Waals surface area contributed by atoms with Crippen molar-refractivity contribution in [2.75, 3.05) is 31.1 Å². The van der Waals surface area contributed by atoms with Crippen LogP contribution in [0.5, 0.6) is 0 Å². The Bertz CT molecular complexity index is 726. The zero-order valence-corrected chi connectivity index (χ0v) is 14.8. The number of alkyl halides is 3. The minimum Gasteiger partial charge on any atom is -0.370 e. The second-order valence-corrected chi connectivity index (χ2v) is 6.79. The van der Waals surface area contributed by atoms with Gasteiger partial charge in [0.1, 0.15) is 0 Å². The van der Waals surface area contributed by atoms with Crippen molar-refractivity contribution in [2.45, 2.75) is 19.0 Å². The largest absolute Gasteiger partial charge is 0.417 e. The molecule has 0 aliphatic carbocycles. The lowest BCUT2D eigenvalue weighted by Crippen LogP contribution is -2.45. The highest BCUT2D eigenvalue weighted by molar-refractivity contribution is 5.85. The quantitative estimate of drug-likeness (QED) is 0.814. The molecule has 142 valence electrons. The van der Waals surface area contributed by atoms with Crippen molar-refractivity contribution in [1.82, 2.24) is 5.32 Å². The minimum atomic E-state index is -4.60. The average Bonchev–Trinajstić information content (AvgIpc) is 2.93. The molecule has 9 heteroatoms. The van der Waals surface area contributed by atoms with Crippen LogP contribution in [0.4, 0.5) is 18.9 Å². The number of hydrogen-bond acceptors (Lipinski definition) is 4. The second-order valence-electron chi connectivity index (χ2n) is 6.79. The highest BCUT2D eigenvalue weighted by Crippen LogP contribution is 2.45. The van der Waals surface area contributed by atoms with Crippen LogP contribution >= 0.6 is 12.4 Å². The number of benzene rings is 1. The third kappa shape index (κ3) is 3.60. The number of rotatable bonds is 2. The number of nitrogens with one attached hydrogen (secondary N) is 1. The standard InChI is InChI=1S/C17H19F3N4O.ClH/c18-17(19,20)13-7-12(2-1-11(13)8-21)24-9-14(15(22)25)16(10-24)3-5-23-6-4-16;/h1-2,7,14,23H,3-6,9-10H2,(H2,22,25);1H. The van der Waals surface area contributed by atoms with Gasteiger partial charge in [0.25, 0.3) is 0 Å². The summed E-state index contributed by atoms with van der Waals surface area (Å²) in [6.45, 7) is 2.32. The topological polar surface area (TPSA) is 82.2 Å². The van der Waals surface area contributed by atoms with Crippen molar-refractivity contribution < 1.29 is 18.0 Å². The Hall–Kier alpha value is -1.98. The van der Waals surface area contributed by atoms with Crippen molar-refractivity contribution in [3.63, 3.8) is 0 Å². The Labute approximate surface area is 155 Å². The minimum absolute atomic E-state index is 0. The van der Waals surface area contributed by atoms with Crippen molar-refractivity contribution >= 4 is 24.0 Å². The van der Waals surface area contributed by atoms with E-state index in [1.54, 1.807) is 11.0 Å². The Balaban J connectivity index is 0.00000243. The van der Waals surface area contributed by atoms with Gasteiger partial charge in [0, 0.05) is 24.2 Å². The predicted molar refractivity (Wildman–Crippen MR) is 92.8 cm³/mol. The van der Waals surface area contributed by atoms with E-state index in [0.717, 1.165) is 32.0 Å². The van der Waals surface area contributed by atoms with Crippen LogP contribution in [0.1, 0.15) is 24.0 Å². The van der Waals surface area contributed by atoms with Gasteiger partial charge in [-0.05, 0) is 44.1 Å². The number of amides is 1. The molecule has 0 saturated carbocycles. The Morgan fingerprint density at radius 1 is 1.35 bits per heavy atom. The second kappa shape index (κ2) is 7.33. The number of nitrogens with zero attached hydrogens (tertiary/aromatic N) is 2. The molecule has 1 aromatic rings. The monoisotopic (exact) mass is 388 g/mol. The lowest BCUT2D eigenvalue weighted by molar-refractivity contribution is -0.137. The van der Waals surface area contributed by atoms with Crippen molar-refractivity contribution in [1.29, 1.82) is 5.26 Å². The van der Waals surface area contributed by atoms with Crippen LogP contribution in [0.2, 0.25) is 0 Å². The summed E-state index contributed by atoms with van der Waals surface area (Å²) in [4.78, 5) is 13.7. The number of carbonyl (C=O) groups excluding carboxylic acids is 1. The summed E-state index contributed by atoms with van der Waals surface area (Å²) in [7, 11) is 0. The molecule has 3 rings (SSSR count). The molecular formula is C17H20ClF3N4O. The number of anilines is 1. The number of piperidine rings is 1. The van der Waals surface area contributed by atoms with E-state index in [1.165, 1.54) is 12.1 Å². The summed E-state index contributed by atoms with van der Waals surface area (Å²) in [5, 5.41) is 12.2. The number of halogens is 4. The molecular weight excluding hydrogens is 369 g/mol. The molecule has 2 aliphatic heterocycles. The summed E-state index contributed by atoms with van der Waals surface area (Å²) < 4.78 is 39.6. The van der Waals surface area contributed by atoms with Crippen LogP contribution in [0.3, 0.4) is 0 Å². The summed E-state index contributed by atoms with van der Waals surface area (Å²) in [6, 6.07) is 5.27. The van der Waals surface area contributed by atoms with Crippen molar-refractivity contribution in [2.24, 2.45) is 17.1 Å². The van der Waals surface area contributed by atoms with E-state index in [1.807, 2.05) is 0 Å². The maximum Gasteiger partial charge on any atom is 0.417 e. The molecule has 2 heterocycles. The molecule has 26 heavy (non-hydrogen) atoms. The van der Waals surface area contributed by atoms with E-state index >= 15 is 0 Å². The average molecular weight is 389 g/mol. The molecule has 3 N–H and O–H groups in total. The number of nitrogens with two attached hydrogens (primary N) is 1. The van der Waals surface area contributed by atoms with Gasteiger partial charge in [0.15, 0.2) is 0 Å². The fourth-order valence-corrected chi connectivity index (χ4v) is 4.05. The van der Waals surface area contributed by atoms with E-state index in [4.69, 9.17) is 11.0 Å². The van der Waals surface area contributed by atoms with Crippen LogP contribution in [0.25, 0.3) is 0 Å². The van der Waals surface area contributed by atoms with Crippen LogP contribution in [-0.4, -0.2) is 32.1 Å². The van der Waals surface area contributed by atoms with E-state index < -0.39 is 23.2 Å². The van der Waals surface area contributed by atoms with E-state index in [0.29, 0.717) is 18.8 Å². The Kier molecular flexibility index (Phi) is 5.73. The molecule has 1 unspecified atom stereocenters. The summed E-state index contributed by atoms with van der Waals surface area (Å²) in [6.07, 6.45) is -3.07. The van der Waals surface area contributed by atoms with Gasteiger partial charge in [-0.1, -0.05) is 0 Å². The molecule has 1 amide bonds. The van der Waals surface area contributed by atoms with Gasteiger partial charge >= 0.3 is 6.18 Å². The lowest BCUT2D eigenvalue weighted by atomic mass is 9.71. The Morgan fingerprint density at radius 2 is 2.00 bits per heavy atom. The molecule has 5 nitrogen and oxygen atoms in total. The fraction of sp³-hybridized carbons (Fsp3) is 0.529. The van der Waals surface area contributed by atoms with Crippen molar-refractivity contribution in [3.05, 3.63) is 29.3 Å². The maximum absolute atomic E-state index is 13.2. The molecule has 0 aromatic heterocycles. The predicted octanol–water partition coefficient (Wildman–Crippen LogP) is 2.29. The molecule has 1 atom stereocenters. The first-order valence-corrected chi connectivity index (χ1v) is 8.13. The first-order chi connectivity index (χ1) is 11.8. The summed E-state index contributed by atoms with van der Waals surface area (Å²) >= 11 is 0. The Morgan fingerprint density at radius 3 is 2.54 bits per heavy atom. The van der Waals surface area contributed by atoms with Gasteiger partial charge in [-0.3, -0.25) is 4.79 Å². The number of hydrogen-bond donors (Lipinski definition) is 2.